The van der Waals surface area contributed by atoms with E-state index in [1.165, 1.54) is 23.8 Å². The van der Waals surface area contributed by atoms with Gasteiger partial charge in [-0.15, -0.1) is 11.3 Å². The number of nitrogens with zero attached hydrogens (tertiary/aromatic N) is 2. The lowest BCUT2D eigenvalue weighted by Gasteiger charge is -2.40. The molecule has 2 heterocycles. The lowest BCUT2D eigenvalue weighted by molar-refractivity contribution is 0.0525. The van der Waals surface area contributed by atoms with E-state index in [9.17, 15) is 9.18 Å². The molecule has 2 aromatic rings. The maximum Gasteiger partial charge on any atom is 0.273 e. The van der Waals surface area contributed by atoms with Gasteiger partial charge in [-0.2, -0.15) is 0 Å². The van der Waals surface area contributed by atoms with Gasteiger partial charge in [-0.05, 0) is 36.8 Å². The quantitative estimate of drug-likeness (QED) is 0.781. The Morgan fingerprint density at radius 3 is 2.96 bits per heavy atom. The van der Waals surface area contributed by atoms with Crippen LogP contribution in [-0.4, -0.2) is 28.9 Å². The van der Waals surface area contributed by atoms with Crippen LogP contribution in [0.15, 0.2) is 29.6 Å². The first-order valence-electron chi connectivity index (χ1n) is 8.52. The number of thiazole rings is 1. The maximum absolute atomic E-state index is 13.9. The first kappa shape index (κ1) is 17.1. The second-order valence-electron chi connectivity index (χ2n) is 6.91. The summed E-state index contributed by atoms with van der Waals surface area (Å²) in [7, 11) is 0. The third kappa shape index (κ3) is 3.51. The molecule has 0 spiro atoms. The Bertz CT molecular complexity index is 726. The van der Waals surface area contributed by atoms with Crippen molar-refractivity contribution >= 4 is 17.2 Å². The minimum atomic E-state index is -0.306. The monoisotopic (exact) mass is 346 g/mol. The van der Waals surface area contributed by atoms with Gasteiger partial charge in [0.15, 0.2) is 0 Å². The van der Waals surface area contributed by atoms with Gasteiger partial charge in [0, 0.05) is 24.0 Å². The molecular formula is C19H23FN2OS. The van der Waals surface area contributed by atoms with Gasteiger partial charge in [0.25, 0.3) is 5.91 Å². The summed E-state index contributed by atoms with van der Waals surface area (Å²) < 4.78 is 13.9. The average molecular weight is 346 g/mol. The topological polar surface area (TPSA) is 33.2 Å². The molecule has 1 atom stereocenters. The summed E-state index contributed by atoms with van der Waals surface area (Å²) in [4.78, 5) is 19.1. The van der Waals surface area contributed by atoms with Crippen LogP contribution in [-0.2, 0) is 0 Å². The summed E-state index contributed by atoms with van der Waals surface area (Å²) in [5.74, 6) is -0.338. The van der Waals surface area contributed by atoms with E-state index in [1.807, 2.05) is 4.90 Å². The molecule has 1 fully saturated rings. The number of amides is 1. The Kier molecular flexibility index (Phi) is 4.99. The van der Waals surface area contributed by atoms with Gasteiger partial charge in [-0.25, -0.2) is 9.37 Å². The van der Waals surface area contributed by atoms with Crippen molar-refractivity contribution in [1.82, 2.24) is 9.88 Å². The van der Waals surface area contributed by atoms with Crippen LogP contribution >= 0.6 is 11.3 Å². The molecule has 0 bridgehead atoms. The third-order valence-electron chi connectivity index (χ3n) is 4.75. The molecule has 3 nitrogen and oxygen atoms in total. The number of carbonyl (C=O) groups is 1. The second-order valence-corrected chi connectivity index (χ2v) is 7.77. The molecule has 1 aliphatic heterocycles. The van der Waals surface area contributed by atoms with Crippen molar-refractivity contribution in [3.63, 3.8) is 0 Å². The number of likely N-dealkylation sites (tertiary alicyclic amines) is 1. The zero-order chi connectivity index (χ0) is 17.2. The lowest BCUT2D eigenvalue weighted by atomic mass is 9.78. The van der Waals surface area contributed by atoms with Crippen LogP contribution in [0.4, 0.5) is 4.39 Å². The predicted octanol–water partition coefficient (Wildman–Crippen LogP) is 4.99. The van der Waals surface area contributed by atoms with Gasteiger partial charge >= 0.3 is 0 Å². The Labute approximate surface area is 146 Å². The summed E-state index contributed by atoms with van der Waals surface area (Å²) >= 11 is 1.32. The molecule has 5 heteroatoms. The molecule has 3 rings (SSSR count). The van der Waals surface area contributed by atoms with E-state index >= 15 is 0 Å². The summed E-state index contributed by atoms with van der Waals surface area (Å²) in [5.41, 5.74) is 1.09. The number of carbonyl (C=O) groups excluding carboxylic acids is 1. The van der Waals surface area contributed by atoms with Gasteiger partial charge < -0.3 is 4.90 Å². The maximum atomic E-state index is 13.9. The van der Waals surface area contributed by atoms with Crippen LogP contribution in [0.3, 0.4) is 0 Å². The first-order chi connectivity index (χ1) is 11.5. The van der Waals surface area contributed by atoms with E-state index in [0.29, 0.717) is 16.3 Å². The zero-order valence-electron chi connectivity index (χ0n) is 14.2. The molecule has 1 amide bonds. The molecule has 0 radical (unpaired) electrons. The highest BCUT2D eigenvalue weighted by molar-refractivity contribution is 7.13. The van der Waals surface area contributed by atoms with Gasteiger partial charge in [0.05, 0.1) is 0 Å². The van der Waals surface area contributed by atoms with Crippen molar-refractivity contribution in [1.29, 1.82) is 0 Å². The SMILES string of the molecule is CCC[C@@]1(C)CCCN(C(=O)c2csc(-c3ccccc3F)n2)C1. The fourth-order valence-corrected chi connectivity index (χ4v) is 4.41. The summed E-state index contributed by atoms with van der Waals surface area (Å²) in [6.45, 7) is 6.02. The number of aromatic nitrogens is 1. The van der Waals surface area contributed by atoms with Crippen molar-refractivity contribution < 1.29 is 9.18 Å². The van der Waals surface area contributed by atoms with Crippen LogP contribution in [0.2, 0.25) is 0 Å². The Hall–Kier alpha value is -1.75. The van der Waals surface area contributed by atoms with Crippen molar-refractivity contribution in [3.05, 3.63) is 41.2 Å². The number of halogens is 1. The summed E-state index contributed by atoms with van der Waals surface area (Å²) in [6, 6.07) is 6.55. The molecule has 1 aromatic carbocycles. The number of hydrogen-bond acceptors (Lipinski definition) is 3. The largest absolute Gasteiger partial charge is 0.337 e. The zero-order valence-corrected chi connectivity index (χ0v) is 15.0. The van der Waals surface area contributed by atoms with E-state index in [1.54, 1.807) is 23.6 Å². The van der Waals surface area contributed by atoms with E-state index < -0.39 is 0 Å². The van der Waals surface area contributed by atoms with Crippen molar-refractivity contribution in [2.24, 2.45) is 5.41 Å². The fourth-order valence-electron chi connectivity index (χ4n) is 3.59. The molecule has 0 saturated carbocycles. The van der Waals surface area contributed by atoms with Gasteiger partial charge in [-0.1, -0.05) is 32.4 Å². The number of benzene rings is 1. The normalized spacial score (nSPS) is 21.0. The minimum absolute atomic E-state index is 0.0316. The Morgan fingerprint density at radius 2 is 2.21 bits per heavy atom. The van der Waals surface area contributed by atoms with Crippen LogP contribution < -0.4 is 0 Å². The predicted molar refractivity (Wildman–Crippen MR) is 95.7 cm³/mol. The summed E-state index contributed by atoms with van der Waals surface area (Å²) in [6.07, 6.45) is 4.47. The molecule has 1 saturated heterocycles. The molecular weight excluding hydrogens is 323 g/mol. The third-order valence-corrected chi connectivity index (χ3v) is 5.62. The average Bonchev–Trinajstić information content (AvgIpc) is 3.04. The number of hydrogen-bond donors (Lipinski definition) is 0. The van der Waals surface area contributed by atoms with E-state index in [-0.39, 0.29) is 17.1 Å². The second kappa shape index (κ2) is 7.01. The summed E-state index contributed by atoms with van der Waals surface area (Å²) in [5, 5.41) is 2.31. The number of piperidine rings is 1. The lowest BCUT2D eigenvalue weighted by Crippen LogP contribution is -2.44. The first-order valence-corrected chi connectivity index (χ1v) is 9.40. The molecule has 1 aromatic heterocycles. The van der Waals surface area contributed by atoms with E-state index in [0.717, 1.165) is 32.4 Å². The van der Waals surface area contributed by atoms with Crippen LogP contribution in [0.1, 0.15) is 50.0 Å². The molecule has 0 unspecified atom stereocenters. The molecule has 24 heavy (non-hydrogen) atoms. The Balaban J connectivity index is 1.78. The standard InChI is InChI=1S/C19H23FN2OS/c1-3-9-19(2)10-6-11-22(13-19)18(23)16-12-24-17(21-16)14-7-4-5-8-15(14)20/h4-5,7-8,12H,3,6,9-11,13H2,1-2H3/t19-/m0/s1. The highest BCUT2D eigenvalue weighted by atomic mass is 32.1. The van der Waals surface area contributed by atoms with Crippen LogP contribution in [0, 0.1) is 11.2 Å². The highest BCUT2D eigenvalue weighted by Gasteiger charge is 2.33. The van der Waals surface area contributed by atoms with Crippen molar-refractivity contribution in [2.75, 3.05) is 13.1 Å². The molecule has 128 valence electrons. The van der Waals surface area contributed by atoms with Gasteiger partial charge in [0.1, 0.15) is 16.5 Å². The molecule has 0 aliphatic carbocycles. The van der Waals surface area contributed by atoms with Crippen LogP contribution in [0.5, 0.6) is 0 Å². The highest BCUT2D eigenvalue weighted by Crippen LogP contribution is 2.35. The minimum Gasteiger partial charge on any atom is -0.337 e. The van der Waals surface area contributed by atoms with Gasteiger partial charge in [0.2, 0.25) is 0 Å². The van der Waals surface area contributed by atoms with E-state index in [2.05, 4.69) is 18.8 Å². The van der Waals surface area contributed by atoms with Crippen LogP contribution in [0.25, 0.3) is 10.6 Å². The fraction of sp³-hybridized carbons (Fsp3) is 0.474. The van der Waals surface area contributed by atoms with E-state index in [4.69, 9.17) is 0 Å². The van der Waals surface area contributed by atoms with Gasteiger partial charge in [-0.3, -0.25) is 4.79 Å². The smallest absolute Gasteiger partial charge is 0.273 e. The Morgan fingerprint density at radius 1 is 1.42 bits per heavy atom. The molecule has 0 N–H and O–H groups in total. The number of rotatable bonds is 4. The molecule has 1 aliphatic rings. The van der Waals surface area contributed by atoms with Crippen molar-refractivity contribution in [2.45, 2.75) is 39.5 Å². The van der Waals surface area contributed by atoms with Crippen molar-refractivity contribution in [3.8, 4) is 10.6 Å².